The Bertz CT molecular complexity index is 989. The molecule has 5 nitrogen and oxygen atoms in total. The number of fused-ring (bicyclic) bond motifs is 1. The van der Waals surface area contributed by atoms with E-state index >= 15 is 0 Å². The van der Waals surface area contributed by atoms with Crippen LogP contribution in [0.15, 0.2) is 53.3 Å². The van der Waals surface area contributed by atoms with E-state index in [0.29, 0.717) is 6.61 Å². The van der Waals surface area contributed by atoms with Gasteiger partial charge in [0.25, 0.3) is 0 Å². The molecule has 1 aromatic carbocycles. The first kappa shape index (κ1) is 19.2. The summed E-state index contributed by atoms with van der Waals surface area (Å²) in [6.45, 7) is 7.53. The van der Waals surface area contributed by atoms with Crippen LogP contribution in [0.5, 0.6) is 5.75 Å². The molecule has 2 aromatic heterocycles. The number of pyridine rings is 1. The second kappa shape index (κ2) is 8.52. The molecule has 29 heavy (non-hydrogen) atoms. The van der Waals surface area contributed by atoms with Crippen molar-refractivity contribution in [3.05, 3.63) is 71.5 Å². The molecule has 0 amide bonds. The van der Waals surface area contributed by atoms with Gasteiger partial charge < -0.3 is 14.2 Å². The fourth-order valence-corrected chi connectivity index (χ4v) is 3.74. The first-order valence-corrected chi connectivity index (χ1v) is 10.2. The number of nitrogens with zero attached hydrogens (tertiary/aromatic N) is 3. The average Bonchev–Trinajstić information content (AvgIpc) is 3.07. The molecule has 150 valence electrons. The molecule has 0 bridgehead atoms. The number of ether oxygens (including phenoxy) is 1. The maximum absolute atomic E-state index is 6.24. The van der Waals surface area contributed by atoms with Crippen LogP contribution in [0.4, 0.5) is 5.69 Å². The predicted octanol–water partition coefficient (Wildman–Crippen LogP) is 5.61. The highest BCUT2D eigenvalue weighted by Gasteiger charge is 2.22. The molecule has 0 atom stereocenters. The van der Waals surface area contributed by atoms with Gasteiger partial charge in [-0.15, -0.1) is 0 Å². The van der Waals surface area contributed by atoms with Crippen LogP contribution in [0.2, 0.25) is 0 Å². The molecule has 0 aliphatic carbocycles. The van der Waals surface area contributed by atoms with Crippen molar-refractivity contribution in [2.75, 3.05) is 11.5 Å². The Balaban J connectivity index is 1.75. The third-order valence-electron chi connectivity index (χ3n) is 5.23. The van der Waals surface area contributed by atoms with Gasteiger partial charge >= 0.3 is 0 Å². The zero-order chi connectivity index (χ0) is 20.2. The summed E-state index contributed by atoms with van der Waals surface area (Å²) in [6.07, 6.45) is 9.18. The number of aryl methyl sites for hydroxylation is 2. The van der Waals surface area contributed by atoms with Crippen LogP contribution in [0.25, 0.3) is 11.1 Å². The van der Waals surface area contributed by atoms with Gasteiger partial charge in [-0.05, 0) is 50.5 Å². The van der Waals surface area contributed by atoms with Gasteiger partial charge in [0.1, 0.15) is 11.5 Å². The Labute approximate surface area is 172 Å². The third kappa shape index (κ3) is 4.04. The monoisotopic (exact) mass is 389 g/mol. The van der Waals surface area contributed by atoms with E-state index in [4.69, 9.17) is 9.26 Å². The van der Waals surface area contributed by atoms with E-state index in [1.165, 1.54) is 11.3 Å². The Morgan fingerprint density at radius 3 is 2.83 bits per heavy atom. The number of benzene rings is 1. The van der Waals surface area contributed by atoms with Crippen LogP contribution in [0.1, 0.15) is 42.5 Å². The number of hydrogen-bond donors (Lipinski definition) is 0. The van der Waals surface area contributed by atoms with E-state index in [1.807, 2.05) is 32.2 Å². The van der Waals surface area contributed by atoms with E-state index in [-0.39, 0.29) is 0 Å². The van der Waals surface area contributed by atoms with E-state index in [1.54, 1.807) is 0 Å². The molecule has 3 heterocycles. The first-order valence-electron chi connectivity index (χ1n) is 10.2. The second-order valence-corrected chi connectivity index (χ2v) is 7.42. The molecule has 0 saturated carbocycles. The molecular formula is C24H27N3O2. The summed E-state index contributed by atoms with van der Waals surface area (Å²) in [5.74, 6) is 1.70. The number of allylic oxidation sites excluding steroid dienone is 1. The molecule has 0 radical (unpaired) electrons. The van der Waals surface area contributed by atoms with Crippen LogP contribution < -0.4 is 9.64 Å². The molecule has 1 aliphatic heterocycles. The number of aromatic nitrogens is 2. The van der Waals surface area contributed by atoms with Crippen LogP contribution in [0, 0.1) is 13.8 Å². The largest absolute Gasteiger partial charge is 0.493 e. The summed E-state index contributed by atoms with van der Waals surface area (Å²) in [6, 6.07) is 10.4. The van der Waals surface area contributed by atoms with E-state index in [0.717, 1.165) is 59.8 Å². The first-order chi connectivity index (χ1) is 14.2. The van der Waals surface area contributed by atoms with Gasteiger partial charge in [0.15, 0.2) is 0 Å². The smallest absolute Gasteiger partial charge is 0.141 e. The minimum atomic E-state index is 0.696. The lowest BCUT2D eigenvalue weighted by Gasteiger charge is -2.28. The molecule has 3 aromatic rings. The predicted molar refractivity (Wildman–Crippen MR) is 115 cm³/mol. The highest BCUT2D eigenvalue weighted by molar-refractivity contribution is 5.79. The van der Waals surface area contributed by atoms with Crippen LogP contribution in [-0.2, 0) is 13.0 Å². The van der Waals surface area contributed by atoms with Gasteiger partial charge in [-0.1, -0.05) is 30.6 Å². The molecule has 0 spiro atoms. The molecule has 0 saturated heterocycles. The lowest BCUT2D eigenvalue weighted by Crippen LogP contribution is -2.20. The standard InChI is InChI=1S/C24H27N3O2/c1-4-5-13-28-23-15-22-19(14-21(23)24-17(2)26-29-18(24)3)9-8-12-27(22)16-20-10-6-7-11-25-20/h6-8,10-12,14-15H,4-5,9,13,16H2,1-3H3. The van der Waals surface area contributed by atoms with Gasteiger partial charge in [0.05, 0.1) is 30.1 Å². The van der Waals surface area contributed by atoms with Crippen molar-refractivity contribution in [1.29, 1.82) is 0 Å². The van der Waals surface area contributed by atoms with Crippen molar-refractivity contribution in [3.63, 3.8) is 0 Å². The van der Waals surface area contributed by atoms with Gasteiger partial charge in [-0.3, -0.25) is 4.98 Å². The van der Waals surface area contributed by atoms with Crippen LogP contribution in [-0.4, -0.2) is 16.7 Å². The van der Waals surface area contributed by atoms with Crippen molar-refractivity contribution in [2.45, 2.75) is 46.6 Å². The van der Waals surface area contributed by atoms with Gasteiger partial charge in [-0.2, -0.15) is 0 Å². The molecule has 0 fully saturated rings. The molecule has 5 heteroatoms. The van der Waals surface area contributed by atoms with Gasteiger partial charge in [0.2, 0.25) is 0 Å². The molecule has 0 N–H and O–H groups in total. The lowest BCUT2D eigenvalue weighted by molar-refractivity contribution is 0.310. The minimum absolute atomic E-state index is 0.696. The number of rotatable bonds is 7. The summed E-state index contributed by atoms with van der Waals surface area (Å²) >= 11 is 0. The molecule has 0 unspecified atom stereocenters. The fourth-order valence-electron chi connectivity index (χ4n) is 3.74. The van der Waals surface area contributed by atoms with E-state index < -0.39 is 0 Å². The fraction of sp³-hybridized carbons (Fsp3) is 0.333. The summed E-state index contributed by atoms with van der Waals surface area (Å²) in [5, 5.41) is 4.15. The van der Waals surface area contributed by atoms with Gasteiger partial charge in [-0.25, -0.2) is 0 Å². The molecule has 1 aliphatic rings. The SMILES string of the molecule is CCCCOc1cc2c(cc1-c1c(C)noc1C)CC=CN2Cc1ccccn1. The van der Waals surface area contributed by atoms with E-state index in [9.17, 15) is 0 Å². The Morgan fingerprint density at radius 2 is 2.10 bits per heavy atom. The Kier molecular flexibility index (Phi) is 5.65. The van der Waals surface area contributed by atoms with Crippen molar-refractivity contribution in [1.82, 2.24) is 10.1 Å². The summed E-state index contributed by atoms with van der Waals surface area (Å²) < 4.78 is 11.7. The quantitative estimate of drug-likeness (QED) is 0.492. The number of hydrogen-bond acceptors (Lipinski definition) is 5. The zero-order valence-corrected chi connectivity index (χ0v) is 17.3. The van der Waals surface area contributed by atoms with Crippen molar-refractivity contribution in [3.8, 4) is 16.9 Å². The third-order valence-corrected chi connectivity index (χ3v) is 5.23. The van der Waals surface area contributed by atoms with E-state index in [2.05, 4.69) is 52.4 Å². The topological polar surface area (TPSA) is 51.4 Å². The summed E-state index contributed by atoms with van der Waals surface area (Å²) in [4.78, 5) is 6.72. The normalized spacial score (nSPS) is 12.9. The maximum atomic E-state index is 6.24. The van der Waals surface area contributed by atoms with Crippen LogP contribution >= 0.6 is 0 Å². The molecule has 4 rings (SSSR count). The average molecular weight is 389 g/mol. The summed E-state index contributed by atoms with van der Waals surface area (Å²) in [5.41, 5.74) is 6.45. The Morgan fingerprint density at radius 1 is 1.21 bits per heavy atom. The minimum Gasteiger partial charge on any atom is -0.493 e. The number of unbranched alkanes of at least 4 members (excludes halogenated alkanes) is 1. The number of anilines is 1. The molecular weight excluding hydrogens is 362 g/mol. The van der Waals surface area contributed by atoms with Crippen LogP contribution in [0.3, 0.4) is 0 Å². The lowest BCUT2D eigenvalue weighted by atomic mass is 9.96. The Hall–Kier alpha value is -3.08. The zero-order valence-electron chi connectivity index (χ0n) is 17.3. The maximum Gasteiger partial charge on any atom is 0.141 e. The summed E-state index contributed by atoms with van der Waals surface area (Å²) in [7, 11) is 0. The van der Waals surface area contributed by atoms with Crippen molar-refractivity contribution in [2.24, 2.45) is 0 Å². The van der Waals surface area contributed by atoms with Gasteiger partial charge in [0, 0.05) is 29.7 Å². The van der Waals surface area contributed by atoms with Crippen molar-refractivity contribution >= 4 is 5.69 Å². The highest BCUT2D eigenvalue weighted by atomic mass is 16.5. The highest BCUT2D eigenvalue weighted by Crippen LogP contribution is 2.41. The second-order valence-electron chi connectivity index (χ2n) is 7.42. The van der Waals surface area contributed by atoms with Crippen molar-refractivity contribution < 1.29 is 9.26 Å².